The molecule has 0 heterocycles. The van der Waals surface area contributed by atoms with E-state index in [0.717, 1.165) is 0 Å². The number of hydrogen-bond acceptors (Lipinski definition) is 1. The van der Waals surface area contributed by atoms with Crippen LogP contribution in [0.4, 0.5) is 5.69 Å². The topological polar surface area (TPSA) is 28.1 Å². The zero-order valence-corrected chi connectivity index (χ0v) is 7.30. The van der Waals surface area contributed by atoms with Gasteiger partial charge in [-0.05, 0) is 6.07 Å². The molecule has 0 unspecified atom stereocenters. The van der Waals surface area contributed by atoms with Gasteiger partial charge in [0.25, 0.3) is 0 Å². The standard InChI is InChI=1S/C6H4ClN2.BrH/c7-5-3-1-2-4-6(5)9-8;/h1-4H;1H/q+1;/p-1. The third-order valence-electron chi connectivity index (χ3n) is 0.960. The Labute approximate surface area is 74.2 Å². The van der Waals surface area contributed by atoms with E-state index in [1.165, 1.54) is 0 Å². The Morgan fingerprint density at radius 1 is 1.30 bits per heavy atom. The molecule has 1 aromatic carbocycles. The van der Waals surface area contributed by atoms with Gasteiger partial charge >= 0.3 is 5.69 Å². The molecule has 0 aliphatic heterocycles. The van der Waals surface area contributed by atoms with Crippen LogP contribution in [0.3, 0.4) is 0 Å². The largest absolute Gasteiger partial charge is 1.00 e. The predicted octanol–water partition coefficient (Wildman–Crippen LogP) is -0.171. The summed E-state index contributed by atoms with van der Waals surface area (Å²) in [6.45, 7) is 0. The molecule has 0 N–H and O–H groups in total. The summed E-state index contributed by atoms with van der Waals surface area (Å²) in [5.74, 6) is 0. The first-order valence-corrected chi connectivity index (χ1v) is 2.82. The van der Waals surface area contributed by atoms with Gasteiger partial charge in [0.05, 0.1) is 0 Å². The number of rotatable bonds is 0. The lowest BCUT2D eigenvalue weighted by atomic mass is 10.3. The van der Waals surface area contributed by atoms with Gasteiger partial charge in [-0.25, -0.2) is 0 Å². The number of diazo groups is 1. The Balaban J connectivity index is 0.000000810. The molecule has 0 spiro atoms. The van der Waals surface area contributed by atoms with Gasteiger partial charge < -0.3 is 17.0 Å². The van der Waals surface area contributed by atoms with Crippen molar-refractivity contribution in [3.63, 3.8) is 0 Å². The lowest BCUT2D eigenvalue weighted by molar-refractivity contribution is -0.00000195. The number of hydrogen-bond donors (Lipinski definition) is 0. The molecule has 0 bridgehead atoms. The molecule has 0 amide bonds. The molecule has 0 atom stereocenters. The minimum absolute atomic E-state index is 0. The first-order valence-electron chi connectivity index (χ1n) is 2.44. The van der Waals surface area contributed by atoms with Gasteiger partial charge in [-0.15, -0.1) is 0 Å². The summed E-state index contributed by atoms with van der Waals surface area (Å²) in [5, 5.41) is 8.72. The summed E-state index contributed by atoms with van der Waals surface area (Å²) in [6, 6.07) is 6.82. The second kappa shape index (κ2) is 4.26. The molecule has 1 aromatic rings. The molecular formula is C6H4BrClN2. The number of nitrogens with zero attached hydrogens (tertiary/aromatic N) is 2. The quantitative estimate of drug-likeness (QED) is 0.557. The summed E-state index contributed by atoms with van der Waals surface area (Å²) in [7, 11) is 0. The van der Waals surface area contributed by atoms with Crippen molar-refractivity contribution >= 4 is 17.3 Å². The van der Waals surface area contributed by atoms with Gasteiger partial charge in [-0.3, -0.25) is 0 Å². The Morgan fingerprint density at radius 3 is 2.30 bits per heavy atom. The highest BCUT2D eigenvalue weighted by Crippen LogP contribution is 2.22. The van der Waals surface area contributed by atoms with Crippen molar-refractivity contribution in [1.82, 2.24) is 0 Å². The normalized spacial score (nSPS) is 7.60. The van der Waals surface area contributed by atoms with Crippen LogP contribution in [-0.2, 0) is 0 Å². The van der Waals surface area contributed by atoms with Crippen molar-refractivity contribution < 1.29 is 17.0 Å². The van der Waals surface area contributed by atoms with Gasteiger partial charge in [0, 0.05) is 6.07 Å². The molecule has 2 nitrogen and oxygen atoms in total. The molecule has 0 fully saturated rings. The Hall–Kier alpha value is -0.590. The summed E-state index contributed by atoms with van der Waals surface area (Å²) in [6.07, 6.45) is 0. The van der Waals surface area contributed by atoms with E-state index in [-0.39, 0.29) is 17.0 Å². The first-order chi connectivity index (χ1) is 4.34. The smallest absolute Gasteiger partial charge is 0.403 e. The van der Waals surface area contributed by atoms with Gasteiger partial charge in [0.1, 0.15) is 5.02 Å². The lowest BCUT2D eigenvalue weighted by Crippen LogP contribution is -3.00. The van der Waals surface area contributed by atoms with Crippen LogP contribution in [0.5, 0.6) is 0 Å². The highest BCUT2D eigenvalue weighted by Gasteiger charge is 2.07. The molecule has 0 aliphatic rings. The van der Waals surface area contributed by atoms with Crippen molar-refractivity contribution in [3.05, 3.63) is 34.3 Å². The average Bonchev–Trinajstić information content (AvgIpc) is 1.89. The van der Waals surface area contributed by atoms with Crippen LogP contribution in [0, 0.1) is 5.39 Å². The molecule has 0 aliphatic carbocycles. The van der Waals surface area contributed by atoms with Gasteiger partial charge in [-0.2, -0.15) is 0 Å². The molecule has 0 saturated carbocycles. The van der Waals surface area contributed by atoms with Crippen molar-refractivity contribution in [1.29, 1.82) is 5.39 Å². The molecule has 1 rings (SSSR count). The molecule has 4 heteroatoms. The van der Waals surface area contributed by atoms with Crippen molar-refractivity contribution in [2.24, 2.45) is 0 Å². The van der Waals surface area contributed by atoms with E-state index in [1.54, 1.807) is 24.3 Å². The Morgan fingerprint density at radius 2 is 1.90 bits per heavy atom. The van der Waals surface area contributed by atoms with E-state index in [9.17, 15) is 0 Å². The first kappa shape index (κ1) is 9.41. The Bertz CT molecular complexity index is 256. The molecular weight excluding hydrogens is 215 g/mol. The fourth-order valence-electron chi connectivity index (χ4n) is 0.533. The van der Waals surface area contributed by atoms with E-state index in [2.05, 4.69) is 4.98 Å². The van der Waals surface area contributed by atoms with E-state index in [1.807, 2.05) is 0 Å². The lowest BCUT2D eigenvalue weighted by Gasteiger charge is -1.78. The Kier molecular flexibility index (Phi) is 4.01. The summed E-state index contributed by atoms with van der Waals surface area (Å²) in [4.78, 5) is 2.94. The third kappa shape index (κ3) is 1.98. The molecule has 10 heavy (non-hydrogen) atoms. The fraction of sp³-hybridized carbons (Fsp3) is 0. The minimum atomic E-state index is 0. The second-order valence-electron chi connectivity index (χ2n) is 1.55. The van der Waals surface area contributed by atoms with Gasteiger partial charge in [0.15, 0.2) is 4.98 Å². The van der Waals surface area contributed by atoms with Crippen LogP contribution in [-0.4, -0.2) is 0 Å². The second-order valence-corrected chi connectivity index (χ2v) is 1.96. The van der Waals surface area contributed by atoms with Crippen LogP contribution >= 0.6 is 11.6 Å². The van der Waals surface area contributed by atoms with Gasteiger partial charge in [0.2, 0.25) is 5.39 Å². The summed E-state index contributed by atoms with van der Waals surface area (Å²) >= 11 is 5.57. The zero-order valence-electron chi connectivity index (χ0n) is 4.96. The fourth-order valence-corrected chi connectivity index (χ4v) is 0.706. The van der Waals surface area contributed by atoms with Crippen LogP contribution in [0.2, 0.25) is 5.02 Å². The monoisotopic (exact) mass is 218 g/mol. The summed E-state index contributed by atoms with van der Waals surface area (Å²) < 4.78 is 0. The predicted molar refractivity (Wildman–Crippen MR) is 36.2 cm³/mol. The van der Waals surface area contributed by atoms with E-state index in [0.29, 0.717) is 10.7 Å². The van der Waals surface area contributed by atoms with Crippen molar-refractivity contribution in [2.45, 2.75) is 0 Å². The van der Waals surface area contributed by atoms with Crippen molar-refractivity contribution in [3.8, 4) is 0 Å². The maximum Gasteiger partial charge on any atom is 0.403 e. The number of halogens is 2. The zero-order chi connectivity index (χ0) is 6.69. The van der Waals surface area contributed by atoms with E-state index in [4.69, 9.17) is 17.0 Å². The minimum Gasteiger partial charge on any atom is -1.00 e. The summed E-state index contributed by atoms with van der Waals surface area (Å²) in [5.41, 5.74) is 0.402. The van der Waals surface area contributed by atoms with Crippen LogP contribution < -0.4 is 17.0 Å². The maximum absolute atomic E-state index is 8.26. The molecule has 0 aromatic heterocycles. The molecule has 0 radical (unpaired) electrons. The highest BCUT2D eigenvalue weighted by molar-refractivity contribution is 6.33. The SMILES string of the molecule is N#[N+]c1ccccc1Cl.[Br-]. The van der Waals surface area contributed by atoms with Gasteiger partial charge in [-0.1, -0.05) is 23.7 Å². The number of benzene rings is 1. The van der Waals surface area contributed by atoms with E-state index < -0.39 is 0 Å². The van der Waals surface area contributed by atoms with E-state index >= 15 is 0 Å². The maximum atomic E-state index is 8.26. The van der Waals surface area contributed by atoms with Crippen LogP contribution in [0.15, 0.2) is 24.3 Å². The third-order valence-corrected chi connectivity index (χ3v) is 1.28. The highest BCUT2D eigenvalue weighted by atomic mass is 79.9. The molecule has 52 valence electrons. The van der Waals surface area contributed by atoms with Crippen LogP contribution in [0.1, 0.15) is 0 Å². The molecule has 0 saturated heterocycles. The van der Waals surface area contributed by atoms with Crippen molar-refractivity contribution in [2.75, 3.05) is 0 Å². The average molecular weight is 219 g/mol. The van der Waals surface area contributed by atoms with Crippen LogP contribution in [0.25, 0.3) is 4.98 Å².